The van der Waals surface area contributed by atoms with Gasteiger partial charge in [0.05, 0.1) is 6.20 Å². The van der Waals surface area contributed by atoms with E-state index < -0.39 is 0 Å². The largest absolute Gasteiger partial charge is 0.389 e. The molecule has 1 aromatic heterocycles. The van der Waals surface area contributed by atoms with Crippen molar-refractivity contribution in [2.45, 2.75) is 25.7 Å². The van der Waals surface area contributed by atoms with Crippen molar-refractivity contribution in [3.8, 4) is 0 Å². The first-order chi connectivity index (χ1) is 6.84. The van der Waals surface area contributed by atoms with Gasteiger partial charge in [-0.2, -0.15) is 0 Å². The van der Waals surface area contributed by atoms with Gasteiger partial charge in [-0.1, -0.05) is 23.0 Å². The van der Waals surface area contributed by atoms with E-state index in [-0.39, 0.29) is 0 Å². The van der Waals surface area contributed by atoms with E-state index in [1.54, 1.807) is 11.8 Å². The molecular formula is C10H15N3S. The van der Waals surface area contributed by atoms with E-state index in [0.717, 1.165) is 23.1 Å². The second kappa shape index (κ2) is 4.46. The third-order valence-electron chi connectivity index (χ3n) is 2.38. The van der Waals surface area contributed by atoms with Crippen LogP contribution in [0.1, 0.15) is 25.7 Å². The van der Waals surface area contributed by atoms with Gasteiger partial charge in [-0.3, -0.25) is 0 Å². The van der Waals surface area contributed by atoms with E-state index in [4.69, 9.17) is 5.73 Å². The Hall–Kier alpha value is -1.03. The molecule has 76 valence electrons. The number of rotatable bonds is 4. The zero-order chi connectivity index (χ0) is 9.80. The van der Waals surface area contributed by atoms with E-state index in [0.29, 0.717) is 0 Å². The standard InChI is InChI=1S/C10H15N3S/c11-9-7-13-10(14-9)12-6-5-8-3-1-2-4-8/h3,7H,1-2,4-6,11H2,(H,12,13). The summed E-state index contributed by atoms with van der Waals surface area (Å²) in [7, 11) is 0. The second-order valence-corrected chi connectivity index (χ2v) is 4.56. The fourth-order valence-corrected chi connectivity index (χ4v) is 2.27. The highest BCUT2D eigenvalue weighted by molar-refractivity contribution is 7.19. The summed E-state index contributed by atoms with van der Waals surface area (Å²) in [6.45, 7) is 0.971. The third-order valence-corrected chi connectivity index (χ3v) is 3.17. The first-order valence-corrected chi connectivity index (χ1v) is 5.79. The summed E-state index contributed by atoms with van der Waals surface area (Å²) in [5, 5.41) is 4.98. The summed E-state index contributed by atoms with van der Waals surface area (Å²) < 4.78 is 0. The van der Waals surface area contributed by atoms with Crippen LogP contribution in [-0.2, 0) is 0 Å². The average molecular weight is 209 g/mol. The quantitative estimate of drug-likeness (QED) is 0.749. The molecule has 0 atom stereocenters. The number of anilines is 2. The summed E-state index contributed by atoms with van der Waals surface area (Å²) >= 11 is 1.51. The Labute approximate surface area is 88.0 Å². The first kappa shape index (κ1) is 9.52. The summed E-state index contributed by atoms with van der Waals surface area (Å²) in [5.74, 6) is 0. The number of thiazole rings is 1. The lowest BCUT2D eigenvalue weighted by Gasteiger charge is -2.02. The lowest BCUT2D eigenvalue weighted by atomic mass is 10.2. The molecular weight excluding hydrogens is 194 g/mol. The normalized spacial score (nSPS) is 15.6. The van der Waals surface area contributed by atoms with Crippen LogP contribution in [0.3, 0.4) is 0 Å². The molecule has 3 nitrogen and oxygen atoms in total. The Kier molecular flexibility index (Phi) is 3.03. The van der Waals surface area contributed by atoms with Crippen LogP contribution in [0.15, 0.2) is 17.8 Å². The van der Waals surface area contributed by atoms with Crippen LogP contribution in [0.4, 0.5) is 10.1 Å². The van der Waals surface area contributed by atoms with Gasteiger partial charge >= 0.3 is 0 Å². The fraction of sp³-hybridized carbons (Fsp3) is 0.500. The average Bonchev–Trinajstić information content (AvgIpc) is 2.77. The first-order valence-electron chi connectivity index (χ1n) is 4.97. The van der Waals surface area contributed by atoms with Crippen LogP contribution in [0, 0.1) is 0 Å². The van der Waals surface area contributed by atoms with Crippen molar-refractivity contribution in [3.05, 3.63) is 17.8 Å². The maximum absolute atomic E-state index is 5.58. The summed E-state index contributed by atoms with van der Waals surface area (Å²) in [4.78, 5) is 4.14. The molecule has 0 bridgehead atoms. The van der Waals surface area contributed by atoms with E-state index in [1.165, 1.54) is 30.6 Å². The molecule has 4 heteroatoms. The van der Waals surface area contributed by atoms with E-state index in [9.17, 15) is 0 Å². The van der Waals surface area contributed by atoms with Gasteiger partial charge in [0, 0.05) is 6.54 Å². The highest BCUT2D eigenvalue weighted by Crippen LogP contribution is 2.22. The molecule has 0 saturated carbocycles. The lowest BCUT2D eigenvalue weighted by Crippen LogP contribution is -2.01. The van der Waals surface area contributed by atoms with E-state index >= 15 is 0 Å². The van der Waals surface area contributed by atoms with Crippen molar-refractivity contribution in [2.24, 2.45) is 0 Å². The third kappa shape index (κ3) is 2.48. The highest BCUT2D eigenvalue weighted by Gasteiger charge is 2.04. The van der Waals surface area contributed by atoms with Gasteiger partial charge in [0.1, 0.15) is 5.00 Å². The van der Waals surface area contributed by atoms with Crippen LogP contribution in [0.2, 0.25) is 0 Å². The second-order valence-electron chi connectivity index (χ2n) is 3.50. The van der Waals surface area contributed by atoms with Crippen molar-refractivity contribution in [2.75, 3.05) is 17.6 Å². The number of nitrogens with one attached hydrogen (secondary N) is 1. The van der Waals surface area contributed by atoms with Crippen LogP contribution >= 0.6 is 11.3 Å². The molecule has 0 unspecified atom stereocenters. The molecule has 1 aliphatic carbocycles. The van der Waals surface area contributed by atoms with Crippen LogP contribution < -0.4 is 11.1 Å². The minimum Gasteiger partial charge on any atom is -0.389 e. The van der Waals surface area contributed by atoms with Crippen LogP contribution in [0.25, 0.3) is 0 Å². The smallest absolute Gasteiger partial charge is 0.184 e. The zero-order valence-electron chi connectivity index (χ0n) is 8.12. The summed E-state index contributed by atoms with van der Waals surface area (Å²) in [6.07, 6.45) is 9.07. The monoisotopic (exact) mass is 209 g/mol. The van der Waals surface area contributed by atoms with Crippen molar-refractivity contribution in [3.63, 3.8) is 0 Å². The van der Waals surface area contributed by atoms with Crippen molar-refractivity contribution < 1.29 is 0 Å². The molecule has 2 rings (SSSR count). The van der Waals surface area contributed by atoms with Crippen molar-refractivity contribution in [1.82, 2.24) is 4.98 Å². The van der Waals surface area contributed by atoms with Gasteiger partial charge in [0.15, 0.2) is 5.13 Å². The van der Waals surface area contributed by atoms with Crippen LogP contribution in [-0.4, -0.2) is 11.5 Å². The van der Waals surface area contributed by atoms with E-state index in [2.05, 4.69) is 16.4 Å². The van der Waals surface area contributed by atoms with Gasteiger partial charge in [-0.05, 0) is 25.7 Å². The Morgan fingerprint density at radius 3 is 3.14 bits per heavy atom. The molecule has 3 N–H and O–H groups in total. The Bertz CT molecular complexity index is 330. The van der Waals surface area contributed by atoms with Gasteiger partial charge in [-0.25, -0.2) is 4.98 Å². The maximum atomic E-state index is 5.58. The summed E-state index contributed by atoms with van der Waals surface area (Å²) in [6, 6.07) is 0. The molecule has 14 heavy (non-hydrogen) atoms. The SMILES string of the molecule is Nc1cnc(NCCC2=CCCC2)s1. The Morgan fingerprint density at radius 1 is 1.57 bits per heavy atom. The Morgan fingerprint density at radius 2 is 2.50 bits per heavy atom. The van der Waals surface area contributed by atoms with Gasteiger partial charge in [0.25, 0.3) is 0 Å². The van der Waals surface area contributed by atoms with Gasteiger partial charge in [-0.15, -0.1) is 0 Å². The minimum atomic E-state index is 0.771. The molecule has 0 radical (unpaired) electrons. The van der Waals surface area contributed by atoms with Crippen LogP contribution in [0.5, 0.6) is 0 Å². The van der Waals surface area contributed by atoms with Gasteiger partial charge in [0.2, 0.25) is 0 Å². The molecule has 0 spiro atoms. The topological polar surface area (TPSA) is 50.9 Å². The molecule has 1 aromatic rings. The number of nitrogens with two attached hydrogens (primary N) is 1. The lowest BCUT2D eigenvalue weighted by molar-refractivity contribution is 0.863. The molecule has 0 amide bonds. The predicted octanol–water partition coefficient (Wildman–Crippen LogP) is 2.64. The van der Waals surface area contributed by atoms with Crippen molar-refractivity contribution in [1.29, 1.82) is 0 Å². The Balaban J connectivity index is 1.72. The molecule has 1 heterocycles. The predicted molar refractivity (Wildman–Crippen MR) is 61.6 cm³/mol. The number of hydrogen-bond donors (Lipinski definition) is 2. The number of nitrogens with zero attached hydrogens (tertiary/aromatic N) is 1. The van der Waals surface area contributed by atoms with Gasteiger partial charge < -0.3 is 11.1 Å². The molecule has 0 saturated heterocycles. The fourth-order valence-electron chi connectivity index (χ4n) is 1.66. The highest BCUT2D eigenvalue weighted by atomic mass is 32.1. The molecule has 0 aliphatic heterocycles. The minimum absolute atomic E-state index is 0.771. The molecule has 0 fully saturated rings. The maximum Gasteiger partial charge on any atom is 0.184 e. The molecule has 1 aliphatic rings. The number of aromatic nitrogens is 1. The number of allylic oxidation sites excluding steroid dienone is 1. The van der Waals surface area contributed by atoms with E-state index in [1.807, 2.05) is 0 Å². The molecule has 0 aromatic carbocycles. The number of hydrogen-bond acceptors (Lipinski definition) is 4. The number of nitrogen functional groups attached to an aromatic ring is 1. The summed E-state index contributed by atoms with van der Waals surface area (Å²) in [5.41, 5.74) is 7.16. The van der Waals surface area contributed by atoms with Crippen molar-refractivity contribution >= 4 is 21.5 Å². The zero-order valence-corrected chi connectivity index (χ0v) is 8.94.